The maximum Gasteiger partial charge on any atom is 0.323 e. The van der Waals surface area contributed by atoms with Crippen molar-refractivity contribution < 1.29 is 14.7 Å². The smallest absolute Gasteiger partial charge is 0.323 e. The van der Waals surface area contributed by atoms with Crippen LogP contribution in [0.2, 0.25) is 0 Å². The average molecular weight is 240 g/mol. The van der Waals surface area contributed by atoms with Crippen molar-refractivity contribution in [1.82, 2.24) is 10.2 Å². The van der Waals surface area contributed by atoms with Gasteiger partial charge in [0.25, 0.3) is 0 Å². The molecule has 0 saturated heterocycles. The number of hydrogen-bond donors (Lipinski definition) is 2. The summed E-state index contributed by atoms with van der Waals surface area (Å²) in [5.41, 5.74) is -0.0504. The molecule has 5 heteroatoms. The third-order valence-electron chi connectivity index (χ3n) is 3.04. The molecular formula is C12H20N2O3. The SMILES string of the molecule is CN(C(=O)CNC(C)(C)C(=O)O)C1=CCCC1. The summed E-state index contributed by atoms with van der Waals surface area (Å²) in [5, 5.41) is 11.7. The van der Waals surface area contributed by atoms with Crippen molar-refractivity contribution in [2.75, 3.05) is 13.6 Å². The number of nitrogens with one attached hydrogen (secondary N) is 1. The van der Waals surface area contributed by atoms with Crippen molar-refractivity contribution in [2.45, 2.75) is 38.6 Å². The topological polar surface area (TPSA) is 69.6 Å². The van der Waals surface area contributed by atoms with Gasteiger partial charge in [0.2, 0.25) is 5.91 Å². The number of nitrogens with zero attached hydrogens (tertiary/aromatic N) is 1. The maximum absolute atomic E-state index is 11.8. The van der Waals surface area contributed by atoms with Crippen molar-refractivity contribution in [3.05, 3.63) is 11.8 Å². The van der Waals surface area contributed by atoms with E-state index in [9.17, 15) is 9.59 Å². The molecule has 0 fully saturated rings. The number of allylic oxidation sites excluding steroid dienone is 2. The molecule has 0 bridgehead atoms. The Morgan fingerprint density at radius 3 is 2.65 bits per heavy atom. The Hall–Kier alpha value is -1.36. The van der Waals surface area contributed by atoms with Crippen LogP contribution >= 0.6 is 0 Å². The molecule has 96 valence electrons. The molecule has 1 aliphatic rings. The minimum atomic E-state index is -1.08. The quantitative estimate of drug-likeness (QED) is 0.751. The Morgan fingerprint density at radius 2 is 2.18 bits per heavy atom. The number of rotatable bonds is 5. The van der Waals surface area contributed by atoms with Gasteiger partial charge in [0.1, 0.15) is 5.54 Å². The molecule has 1 aliphatic carbocycles. The molecule has 17 heavy (non-hydrogen) atoms. The minimum absolute atomic E-state index is 0.0349. The van der Waals surface area contributed by atoms with Gasteiger partial charge in [-0.2, -0.15) is 0 Å². The fraction of sp³-hybridized carbons (Fsp3) is 0.667. The number of likely N-dealkylation sites (N-methyl/N-ethyl adjacent to an activating group) is 1. The Balaban J connectivity index is 2.47. The van der Waals surface area contributed by atoms with Gasteiger partial charge in [0.05, 0.1) is 6.54 Å². The summed E-state index contributed by atoms with van der Waals surface area (Å²) in [7, 11) is 1.73. The Labute approximate surface area is 101 Å². The summed E-state index contributed by atoms with van der Waals surface area (Å²) in [6.07, 6.45) is 5.08. The zero-order chi connectivity index (χ0) is 13.1. The standard InChI is InChI=1S/C12H20N2O3/c1-12(2,11(16)17)13-8-10(15)14(3)9-6-4-5-7-9/h6,13H,4-5,7-8H2,1-3H3,(H,16,17). The second-order valence-corrected chi connectivity index (χ2v) is 4.82. The predicted octanol–water partition coefficient (Wildman–Crippen LogP) is 0.965. The molecule has 0 atom stereocenters. The second kappa shape index (κ2) is 5.31. The zero-order valence-electron chi connectivity index (χ0n) is 10.6. The summed E-state index contributed by atoms with van der Waals surface area (Å²) in [6.45, 7) is 3.11. The molecule has 0 aromatic rings. The fourth-order valence-corrected chi connectivity index (χ4v) is 1.61. The van der Waals surface area contributed by atoms with Crippen LogP contribution in [0.25, 0.3) is 0 Å². The van der Waals surface area contributed by atoms with Gasteiger partial charge in [0, 0.05) is 12.7 Å². The van der Waals surface area contributed by atoms with Gasteiger partial charge in [-0.05, 0) is 33.1 Å². The third kappa shape index (κ3) is 3.56. The van der Waals surface area contributed by atoms with E-state index in [1.54, 1.807) is 11.9 Å². The van der Waals surface area contributed by atoms with Crippen molar-refractivity contribution >= 4 is 11.9 Å². The van der Waals surface area contributed by atoms with Crippen LogP contribution in [0.4, 0.5) is 0 Å². The normalized spacial score (nSPS) is 15.6. The first-order valence-electron chi connectivity index (χ1n) is 5.78. The van der Waals surface area contributed by atoms with Crippen LogP contribution in [-0.4, -0.2) is 41.0 Å². The first-order chi connectivity index (χ1) is 7.84. The number of carbonyl (C=O) groups excluding carboxylic acids is 1. The second-order valence-electron chi connectivity index (χ2n) is 4.82. The van der Waals surface area contributed by atoms with E-state index >= 15 is 0 Å². The first kappa shape index (κ1) is 13.7. The van der Waals surface area contributed by atoms with Gasteiger partial charge in [-0.3, -0.25) is 14.9 Å². The lowest BCUT2D eigenvalue weighted by Crippen LogP contribution is -2.50. The van der Waals surface area contributed by atoms with Crippen LogP contribution in [0.15, 0.2) is 11.8 Å². The summed E-state index contributed by atoms with van der Waals surface area (Å²) >= 11 is 0. The molecule has 0 aliphatic heterocycles. The van der Waals surface area contributed by atoms with Crippen LogP contribution in [0.3, 0.4) is 0 Å². The van der Waals surface area contributed by atoms with E-state index in [2.05, 4.69) is 11.4 Å². The number of aliphatic carboxylic acids is 1. The lowest BCUT2D eigenvalue weighted by molar-refractivity contribution is -0.143. The van der Waals surface area contributed by atoms with Gasteiger partial charge >= 0.3 is 5.97 Å². The monoisotopic (exact) mass is 240 g/mol. The largest absolute Gasteiger partial charge is 0.480 e. The third-order valence-corrected chi connectivity index (χ3v) is 3.04. The van der Waals surface area contributed by atoms with Crippen molar-refractivity contribution in [3.63, 3.8) is 0 Å². The fourth-order valence-electron chi connectivity index (χ4n) is 1.61. The summed E-state index contributed by atoms with van der Waals surface area (Å²) in [5.74, 6) is -1.07. The number of hydrogen-bond acceptors (Lipinski definition) is 3. The zero-order valence-corrected chi connectivity index (χ0v) is 10.6. The summed E-state index contributed by atoms with van der Waals surface area (Å²) in [6, 6.07) is 0. The van der Waals surface area contributed by atoms with Gasteiger partial charge in [0.15, 0.2) is 0 Å². The number of carboxylic acids is 1. The Kier molecular flexibility index (Phi) is 4.28. The van der Waals surface area contributed by atoms with E-state index in [-0.39, 0.29) is 12.5 Å². The molecule has 0 aromatic carbocycles. The Bertz CT molecular complexity index is 348. The molecule has 1 rings (SSSR count). The van der Waals surface area contributed by atoms with Gasteiger partial charge in [-0.1, -0.05) is 6.08 Å². The molecular weight excluding hydrogens is 220 g/mol. The van der Waals surface area contributed by atoms with Crippen molar-refractivity contribution in [3.8, 4) is 0 Å². The molecule has 0 unspecified atom stereocenters. The van der Waals surface area contributed by atoms with E-state index in [0.717, 1.165) is 25.0 Å². The van der Waals surface area contributed by atoms with E-state index in [1.807, 2.05) is 0 Å². The highest BCUT2D eigenvalue weighted by molar-refractivity contribution is 5.82. The summed E-state index contributed by atoms with van der Waals surface area (Å²) in [4.78, 5) is 24.3. The first-order valence-corrected chi connectivity index (χ1v) is 5.78. The van der Waals surface area contributed by atoms with E-state index in [4.69, 9.17) is 5.11 Å². The van der Waals surface area contributed by atoms with Gasteiger partial charge in [-0.15, -0.1) is 0 Å². The van der Waals surface area contributed by atoms with Gasteiger partial charge in [-0.25, -0.2) is 0 Å². The van der Waals surface area contributed by atoms with Crippen LogP contribution in [-0.2, 0) is 9.59 Å². The molecule has 0 heterocycles. The number of amides is 1. The van der Waals surface area contributed by atoms with Crippen molar-refractivity contribution in [2.24, 2.45) is 0 Å². The van der Waals surface area contributed by atoms with Crippen LogP contribution in [0.5, 0.6) is 0 Å². The van der Waals surface area contributed by atoms with Gasteiger partial charge < -0.3 is 10.0 Å². The highest BCUT2D eigenvalue weighted by Gasteiger charge is 2.27. The van der Waals surface area contributed by atoms with Crippen molar-refractivity contribution in [1.29, 1.82) is 0 Å². The van der Waals surface area contributed by atoms with E-state index in [0.29, 0.717) is 0 Å². The van der Waals surface area contributed by atoms with Crippen LogP contribution < -0.4 is 5.32 Å². The molecule has 0 spiro atoms. The lowest BCUT2D eigenvalue weighted by atomic mass is 10.1. The van der Waals surface area contributed by atoms with E-state index < -0.39 is 11.5 Å². The molecule has 0 saturated carbocycles. The van der Waals surface area contributed by atoms with E-state index in [1.165, 1.54) is 13.8 Å². The highest BCUT2D eigenvalue weighted by atomic mass is 16.4. The molecule has 0 radical (unpaired) electrons. The summed E-state index contributed by atoms with van der Waals surface area (Å²) < 4.78 is 0. The predicted molar refractivity (Wildman–Crippen MR) is 64.4 cm³/mol. The number of carboxylic acid groups (broad SMARTS) is 1. The molecule has 0 aromatic heterocycles. The maximum atomic E-state index is 11.8. The minimum Gasteiger partial charge on any atom is -0.480 e. The van der Waals surface area contributed by atoms with Crippen LogP contribution in [0.1, 0.15) is 33.1 Å². The molecule has 2 N–H and O–H groups in total. The average Bonchev–Trinajstić information content (AvgIpc) is 2.78. The molecule has 1 amide bonds. The van der Waals surface area contributed by atoms with Crippen LogP contribution in [0, 0.1) is 0 Å². The Morgan fingerprint density at radius 1 is 1.53 bits per heavy atom. The lowest BCUT2D eigenvalue weighted by Gasteiger charge is -2.24. The molecule has 5 nitrogen and oxygen atoms in total. The highest BCUT2D eigenvalue weighted by Crippen LogP contribution is 2.20. The number of carbonyl (C=O) groups is 2.